The van der Waals surface area contributed by atoms with Crippen LogP contribution in [0, 0.1) is 21.7 Å². The van der Waals surface area contributed by atoms with Gasteiger partial charge in [-0.2, -0.15) is 0 Å². The number of aliphatic hydroxyl groups excluding tert-OH is 13. The Balaban J connectivity index is 0.000000280. The first-order chi connectivity index (χ1) is 54.0. The minimum absolute atomic E-state index is 0.0169. The number of aliphatic hydroxyl groups is 13. The number of Topliss-reactive ketones (excluding diaryl/α,β-unsaturated/α-hetero) is 1. The van der Waals surface area contributed by atoms with E-state index in [0.717, 1.165) is 50.9 Å². The lowest BCUT2D eigenvalue weighted by molar-refractivity contribution is -0.277. The minimum Gasteiger partial charge on any atom is -0.479 e. The number of carboxylic acid groups (broad SMARTS) is 1. The van der Waals surface area contributed by atoms with Crippen molar-refractivity contribution in [2.75, 3.05) is 6.61 Å². The van der Waals surface area contributed by atoms with Crippen molar-refractivity contribution in [2.45, 2.75) is 384 Å². The summed E-state index contributed by atoms with van der Waals surface area (Å²) in [6, 6.07) is 22.7. The molecule has 0 aliphatic carbocycles. The van der Waals surface area contributed by atoms with Crippen LogP contribution in [0.25, 0.3) is 0 Å². The zero-order valence-corrected chi connectivity index (χ0v) is 74.5. The Kier molecular flexibility index (Phi) is 37.2. The number of rotatable bonds is 24. The molecule has 20 unspecified atom stereocenters. The number of hydrogen-bond acceptors (Lipinski definition) is 27. The summed E-state index contributed by atoms with van der Waals surface area (Å²) in [5.41, 5.74) is 6.46. The Hall–Kier alpha value is -5.62. The summed E-state index contributed by atoms with van der Waals surface area (Å²) in [7, 11) is 0. The maximum atomic E-state index is 11.8. The van der Waals surface area contributed by atoms with E-state index in [9.17, 15) is 81.1 Å². The summed E-state index contributed by atoms with van der Waals surface area (Å²) in [6.07, 6.45) is -24.0. The van der Waals surface area contributed by atoms with Crippen LogP contribution in [-0.2, 0) is 99.6 Å². The maximum absolute atomic E-state index is 11.8. The Bertz CT molecular complexity index is 3510. The molecular weight excluding hydrogens is 1530 g/mol. The van der Waals surface area contributed by atoms with Crippen molar-refractivity contribution >= 4 is 11.8 Å². The molecule has 28 nitrogen and oxygen atoms in total. The first kappa shape index (κ1) is 103. The van der Waals surface area contributed by atoms with Crippen LogP contribution >= 0.6 is 0 Å². The summed E-state index contributed by atoms with van der Waals surface area (Å²) in [5, 5.41) is 140. The molecule has 0 amide bonds. The topological polar surface area (TPSA) is 428 Å². The molecule has 4 aliphatic heterocycles. The molecule has 4 fully saturated rings. The smallest absolute Gasteiger partial charge is 0.335 e. The van der Waals surface area contributed by atoms with E-state index in [1.54, 1.807) is 18.2 Å². The predicted octanol–water partition coefficient (Wildman–Crippen LogP) is 9.18. The monoisotopic (exact) mass is 1670 g/mol. The van der Waals surface area contributed by atoms with Crippen LogP contribution in [0.3, 0.4) is 0 Å². The fourth-order valence-corrected chi connectivity index (χ4v) is 12.8. The molecule has 0 aromatic heterocycles. The van der Waals surface area contributed by atoms with Crippen LogP contribution in [0.2, 0.25) is 0 Å². The van der Waals surface area contributed by atoms with Crippen molar-refractivity contribution < 1.29 is 138 Å². The quantitative estimate of drug-likeness (QED) is 0.0311. The molecule has 0 radical (unpaired) electrons. The number of ketones is 1. The van der Waals surface area contributed by atoms with Gasteiger partial charge < -0.3 is 128 Å². The standard InChI is InChI=1S/C23H36O7.C23H38O6.C22H34O8.C22H36O7/c1-13(24)20-18(26)17(25)19(27)21(30-20)29-16-9-8-14(12-28-23(5,6)7)10-15(16)11-22(2,3)4;1-8-16-18(24)19(25)20(26)21(28-16)29-17-10-9-14(13-27-23(5,6)7)11-15(17)12-22(2,3)4;1-21(2,3)10-13-9-12(11-28-22(4,5)6)7-8-14(13)29-20-17(25)15(23)16(24)18(30-20)19(26)27;1-21(2,3)10-14-9-13(12-27-22(4,5)6)7-8-15(14)28-20-19(26)18(25)17(24)16(11-23)29-20/h8-10,17-21,25-27H,11-12H2,1-7H3;9-11,16,18-21,24-26H,8,12-13H2,1-7H3;7-9,15-18,20,23-25H,10-11H2,1-6H3,(H,26,27);7-9,16-20,23-26H,10-12H2,1-6H3. The van der Waals surface area contributed by atoms with E-state index in [-0.39, 0.29) is 44.1 Å². The molecule has 14 N–H and O–H groups in total. The molecule has 4 aliphatic rings. The van der Waals surface area contributed by atoms with Crippen LogP contribution < -0.4 is 18.9 Å². The number of carbonyl (C=O) groups is 2. The molecule has 4 aromatic rings. The molecule has 118 heavy (non-hydrogen) atoms. The van der Waals surface area contributed by atoms with Gasteiger partial charge in [0.25, 0.3) is 0 Å². The lowest BCUT2D eigenvalue weighted by Crippen LogP contribution is -2.61. The highest BCUT2D eigenvalue weighted by molar-refractivity contribution is 5.81. The third-order valence-electron chi connectivity index (χ3n) is 18.7. The van der Waals surface area contributed by atoms with Crippen LogP contribution in [0.5, 0.6) is 23.0 Å². The lowest BCUT2D eigenvalue weighted by Gasteiger charge is -2.40. The van der Waals surface area contributed by atoms with E-state index in [4.69, 9.17) is 56.8 Å². The second kappa shape index (κ2) is 42.6. The van der Waals surface area contributed by atoms with Crippen LogP contribution in [-0.4, -0.2) is 235 Å². The fourth-order valence-electron chi connectivity index (χ4n) is 12.8. The first-order valence-corrected chi connectivity index (χ1v) is 40.8. The highest BCUT2D eigenvalue weighted by Crippen LogP contribution is 2.39. The van der Waals surface area contributed by atoms with Gasteiger partial charge in [0.2, 0.25) is 25.2 Å². The van der Waals surface area contributed by atoms with Gasteiger partial charge in [-0.1, -0.05) is 114 Å². The van der Waals surface area contributed by atoms with Gasteiger partial charge in [0, 0.05) is 0 Å². The van der Waals surface area contributed by atoms with Crippen LogP contribution in [0.1, 0.15) is 231 Å². The summed E-state index contributed by atoms with van der Waals surface area (Å²) in [6.45, 7) is 53.7. The van der Waals surface area contributed by atoms with Gasteiger partial charge in [0.1, 0.15) is 108 Å². The normalized spacial score (nSPS) is 28.1. The Morgan fingerprint density at radius 2 is 0.551 bits per heavy atom. The predicted molar refractivity (Wildman–Crippen MR) is 442 cm³/mol. The van der Waals surface area contributed by atoms with Gasteiger partial charge in [-0.15, -0.1) is 0 Å². The number of carbonyl (C=O) groups excluding carboxylic acids is 1. The number of carboxylic acids is 1. The van der Waals surface area contributed by atoms with Gasteiger partial charge >= 0.3 is 5.97 Å². The number of aliphatic carboxylic acids is 1. The molecular formula is C90H144O28. The average molecular weight is 1670 g/mol. The average Bonchev–Trinajstić information content (AvgIpc) is 0.807. The van der Waals surface area contributed by atoms with E-state index in [0.29, 0.717) is 75.1 Å². The molecule has 4 saturated heterocycles. The van der Waals surface area contributed by atoms with Crippen LogP contribution in [0.15, 0.2) is 72.8 Å². The Morgan fingerprint density at radius 1 is 0.322 bits per heavy atom. The van der Waals surface area contributed by atoms with Crippen molar-refractivity contribution in [1.29, 1.82) is 0 Å². The summed E-state index contributed by atoms with van der Waals surface area (Å²) < 4.78 is 69.1. The van der Waals surface area contributed by atoms with Crippen molar-refractivity contribution in [3.8, 4) is 23.0 Å². The van der Waals surface area contributed by atoms with E-state index >= 15 is 0 Å². The molecule has 4 aromatic carbocycles. The van der Waals surface area contributed by atoms with Gasteiger partial charge in [-0.05, 0) is 237 Å². The molecule has 20 atom stereocenters. The second-order valence-corrected chi connectivity index (χ2v) is 40.2. The molecule has 4 heterocycles. The van der Waals surface area contributed by atoms with E-state index in [1.807, 2.05) is 139 Å². The SMILES string of the molecule is CC(=O)C1OC(Oc2ccc(COC(C)(C)C)cc2CC(C)(C)C)C(O)C(O)C1O.CC(C)(C)Cc1cc(COC(C)(C)C)ccc1OC1OC(C(=O)O)C(O)C(O)C1O.CC(C)(C)Cc1cc(COC(C)(C)C)ccc1OC1OC(CO)C(O)C(O)C1O.CCC1OC(Oc2ccc(COC(C)(C)C)cc2CC(C)(C)C)C(O)C(O)C1O. The molecule has 0 bridgehead atoms. The van der Waals surface area contributed by atoms with Gasteiger partial charge in [0.15, 0.2) is 11.9 Å². The molecule has 0 saturated carbocycles. The Labute approximate surface area is 698 Å². The van der Waals surface area contributed by atoms with Crippen molar-refractivity contribution in [3.63, 3.8) is 0 Å². The van der Waals surface area contributed by atoms with Crippen LogP contribution in [0.4, 0.5) is 0 Å². The molecule has 28 heteroatoms. The first-order valence-electron chi connectivity index (χ1n) is 40.8. The minimum atomic E-state index is -1.76. The number of benzene rings is 4. The maximum Gasteiger partial charge on any atom is 0.335 e. The zero-order chi connectivity index (χ0) is 89.7. The largest absolute Gasteiger partial charge is 0.479 e. The zero-order valence-electron chi connectivity index (χ0n) is 74.5. The van der Waals surface area contributed by atoms with Gasteiger partial charge in [-0.3, -0.25) is 4.79 Å². The molecule has 8 rings (SSSR count). The number of ether oxygens (including phenoxy) is 12. The second-order valence-electron chi connectivity index (χ2n) is 40.2. The van der Waals surface area contributed by atoms with Gasteiger partial charge in [-0.25, -0.2) is 4.79 Å². The van der Waals surface area contributed by atoms with E-state index in [2.05, 4.69) is 89.2 Å². The molecule has 0 spiro atoms. The van der Waals surface area contributed by atoms with E-state index < -0.39 is 141 Å². The Morgan fingerprint density at radius 3 is 0.780 bits per heavy atom. The highest BCUT2D eigenvalue weighted by atomic mass is 16.7. The third kappa shape index (κ3) is 33.6. The van der Waals surface area contributed by atoms with Crippen molar-refractivity contribution in [1.82, 2.24) is 0 Å². The van der Waals surface area contributed by atoms with Gasteiger partial charge in [0.05, 0.1) is 61.5 Å². The summed E-state index contributed by atoms with van der Waals surface area (Å²) in [5.74, 6) is 0.101. The fraction of sp³-hybridized carbons (Fsp3) is 0.711. The third-order valence-corrected chi connectivity index (χ3v) is 18.7. The summed E-state index contributed by atoms with van der Waals surface area (Å²) >= 11 is 0. The lowest BCUT2D eigenvalue weighted by atomic mass is 9.87. The van der Waals surface area contributed by atoms with Crippen molar-refractivity contribution in [2.24, 2.45) is 21.7 Å². The highest BCUT2D eigenvalue weighted by Gasteiger charge is 2.51. The molecule has 672 valence electrons. The van der Waals surface area contributed by atoms with E-state index in [1.165, 1.54) is 6.92 Å². The number of hydrogen-bond donors (Lipinski definition) is 14. The summed E-state index contributed by atoms with van der Waals surface area (Å²) in [4.78, 5) is 23.1. The van der Waals surface area contributed by atoms with Crippen molar-refractivity contribution in [3.05, 3.63) is 117 Å².